The third-order valence-electron chi connectivity index (χ3n) is 3.62. The molecular weight excluding hydrogens is 324 g/mol. The Labute approximate surface area is 144 Å². The summed E-state index contributed by atoms with van der Waals surface area (Å²) in [5, 5.41) is 19.2. The lowest BCUT2D eigenvalue weighted by atomic mass is 10.1. The van der Waals surface area contributed by atoms with Gasteiger partial charge in [-0.2, -0.15) is 0 Å². The first-order valence-electron chi connectivity index (χ1n) is 7.65. The fourth-order valence-electron chi connectivity index (χ4n) is 2.23. The summed E-state index contributed by atoms with van der Waals surface area (Å²) >= 11 is 0. The van der Waals surface area contributed by atoms with Gasteiger partial charge in [-0.3, -0.25) is 0 Å². The summed E-state index contributed by atoms with van der Waals surface area (Å²) in [7, 11) is 0. The molecule has 2 unspecified atom stereocenters. The number of anilines is 2. The van der Waals surface area contributed by atoms with Crippen LogP contribution in [0.3, 0.4) is 0 Å². The molecule has 0 radical (unpaired) electrons. The average molecular weight is 344 g/mol. The van der Waals surface area contributed by atoms with Crippen molar-refractivity contribution in [1.29, 1.82) is 0 Å². The van der Waals surface area contributed by atoms with E-state index in [2.05, 4.69) is 0 Å². The number of nitrogen functional groups attached to an aromatic ring is 2. The zero-order valence-corrected chi connectivity index (χ0v) is 13.5. The van der Waals surface area contributed by atoms with E-state index in [9.17, 15) is 19.8 Å². The molecular formula is C18H20N2O5. The van der Waals surface area contributed by atoms with Crippen LogP contribution in [0, 0.1) is 0 Å². The number of carbonyl (C=O) groups excluding carboxylic acids is 1. The van der Waals surface area contributed by atoms with Crippen LogP contribution < -0.4 is 11.5 Å². The maximum absolute atomic E-state index is 12.0. The zero-order chi connectivity index (χ0) is 18.4. The van der Waals surface area contributed by atoms with Crippen molar-refractivity contribution in [3.8, 4) is 0 Å². The summed E-state index contributed by atoms with van der Waals surface area (Å²) in [5.41, 5.74) is 13.6. The molecule has 2 aromatic carbocycles. The smallest absolute Gasteiger partial charge is 0.345 e. The quantitative estimate of drug-likeness (QED) is 0.434. The van der Waals surface area contributed by atoms with Crippen LogP contribution in [0.5, 0.6) is 0 Å². The monoisotopic (exact) mass is 344 g/mol. The first-order chi connectivity index (χ1) is 11.8. The number of nitrogens with two attached hydrogens (primary N) is 2. The first-order valence-corrected chi connectivity index (χ1v) is 7.65. The highest BCUT2D eigenvalue weighted by atomic mass is 16.6. The van der Waals surface area contributed by atoms with Crippen LogP contribution in [0.15, 0.2) is 48.5 Å². The molecule has 132 valence electrons. The highest BCUT2D eigenvalue weighted by Crippen LogP contribution is 2.13. The van der Waals surface area contributed by atoms with Crippen LogP contribution in [0.2, 0.25) is 0 Å². The normalized spacial score (nSPS) is 13.0. The van der Waals surface area contributed by atoms with Crippen LogP contribution in [0.4, 0.5) is 11.4 Å². The van der Waals surface area contributed by atoms with Gasteiger partial charge in [0.05, 0.1) is 0 Å². The Morgan fingerprint density at radius 2 is 1.32 bits per heavy atom. The molecule has 0 aliphatic carbocycles. The Morgan fingerprint density at radius 3 is 1.76 bits per heavy atom. The lowest BCUT2D eigenvalue weighted by Crippen LogP contribution is -2.35. The molecule has 0 aliphatic rings. The second-order valence-corrected chi connectivity index (χ2v) is 5.67. The fraction of sp³-hybridized carbons (Fsp3) is 0.222. The molecule has 6 N–H and O–H groups in total. The van der Waals surface area contributed by atoms with Gasteiger partial charge in [-0.15, -0.1) is 0 Å². The van der Waals surface area contributed by atoms with Gasteiger partial charge in [0, 0.05) is 24.2 Å². The van der Waals surface area contributed by atoms with E-state index in [1.807, 2.05) is 0 Å². The van der Waals surface area contributed by atoms with Crippen LogP contribution in [0.25, 0.3) is 0 Å². The average Bonchev–Trinajstić information content (AvgIpc) is 2.58. The van der Waals surface area contributed by atoms with Crippen molar-refractivity contribution in [3.63, 3.8) is 0 Å². The molecule has 0 spiro atoms. The Morgan fingerprint density at radius 1 is 0.880 bits per heavy atom. The predicted molar refractivity (Wildman–Crippen MR) is 92.6 cm³/mol. The van der Waals surface area contributed by atoms with Crippen LogP contribution >= 0.6 is 0 Å². The minimum absolute atomic E-state index is 0.00726. The van der Waals surface area contributed by atoms with Crippen LogP contribution in [-0.4, -0.2) is 34.4 Å². The molecule has 2 rings (SSSR count). The molecule has 0 heterocycles. The van der Waals surface area contributed by atoms with Crippen molar-refractivity contribution < 1.29 is 24.5 Å². The van der Waals surface area contributed by atoms with Gasteiger partial charge in [0.1, 0.15) is 0 Å². The SMILES string of the molecule is Nc1ccc(CC(O)C(=O)OC(Cc2ccc(N)cc2)C(=O)O)cc1. The minimum atomic E-state index is -1.46. The number of esters is 1. The minimum Gasteiger partial charge on any atom is -0.478 e. The van der Waals surface area contributed by atoms with E-state index in [1.165, 1.54) is 0 Å². The number of benzene rings is 2. The molecule has 2 atom stereocenters. The zero-order valence-electron chi connectivity index (χ0n) is 13.5. The Balaban J connectivity index is 1.97. The van der Waals surface area contributed by atoms with Gasteiger partial charge in [0.25, 0.3) is 0 Å². The molecule has 0 amide bonds. The van der Waals surface area contributed by atoms with Crippen molar-refractivity contribution in [1.82, 2.24) is 0 Å². The largest absolute Gasteiger partial charge is 0.478 e. The second-order valence-electron chi connectivity index (χ2n) is 5.67. The van der Waals surface area contributed by atoms with Gasteiger partial charge in [0.2, 0.25) is 6.10 Å². The van der Waals surface area contributed by atoms with E-state index in [1.54, 1.807) is 48.5 Å². The number of aliphatic hydroxyl groups excluding tert-OH is 1. The number of rotatable bonds is 7. The summed E-state index contributed by atoms with van der Waals surface area (Å²) in [6.45, 7) is 0. The van der Waals surface area contributed by atoms with Gasteiger partial charge in [-0.05, 0) is 35.4 Å². The lowest BCUT2D eigenvalue weighted by molar-refractivity contribution is -0.170. The summed E-state index contributed by atoms with van der Waals surface area (Å²) in [5.74, 6) is -2.27. The number of hydrogen-bond donors (Lipinski definition) is 4. The number of aliphatic carboxylic acids is 1. The molecule has 0 saturated heterocycles. The number of aliphatic hydroxyl groups is 1. The predicted octanol–water partition coefficient (Wildman–Crippen LogP) is 0.993. The summed E-state index contributed by atoms with van der Waals surface area (Å²) in [4.78, 5) is 23.3. The van der Waals surface area contributed by atoms with E-state index in [0.717, 1.165) is 0 Å². The van der Waals surface area contributed by atoms with E-state index in [0.29, 0.717) is 22.5 Å². The van der Waals surface area contributed by atoms with Gasteiger partial charge in [-0.1, -0.05) is 24.3 Å². The lowest BCUT2D eigenvalue weighted by Gasteiger charge is -2.17. The highest BCUT2D eigenvalue weighted by Gasteiger charge is 2.26. The van der Waals surface area contributed by atoms with Gasteiger partial charge in [-0.25, -0.2) is 9.59 Å². The van der Waals surface area contributed by atoms with Crippen LogP contribution in [-0.2, 0) is 27.2 Å². The van der Waals surface area contributed by atoms with Gasteiger partial charge < -0.3 is 26.4 Å². The van der Waals surface area contributed by atoms with Gasteiger partial charge >= 0.3 is 11.9 Å². The summed E-state index contributed by atoms with van der Waals surface area (Å²) in [6, 6.07) is 13.2. The molecule has 0 aliphatic heterocycles. The molecule has 7 heteroatoms. The summed E-state index contributed by atoms with van der Waals surface area (Å²) in [6.07, 6.45) is -2.86. The number of carboxylic acids is 1. The Hall–Kier alpha value is -3.06. The Kier molecular flexibility index (Phi) is 5.97. The van der Waals surface area contributed by atoms with Gasteiger partial charge in [0.15, 0.2) is 6.10 Å². The standard InChI is InChI=1S/C18H20N2O5/c19-13-5-1-11(2-6-13)9-15(21)18(24)25-16(17(22)23)10-12-3-7-14(20)8-4-12/h1-8,15-16,21H,9-10,19-20H2,(H,22,23). The molecule has 0 fully saturated rings. The van der Waals surface area contributed by atoms with Crippen molar-refractivity contribution in [3.05, 3.63) is 59.7 Å². The Bertz CT molecular complexity index is 728. The van der Waals surface area contributed by atoms with Crippen molar-refractivity contribution in [2.24, 2.45) is 0 Å². The van der Waals surface area contributed by atoms with E-state index >= 15 is 0 Å². The molecule has 2 aromatic rings. The van der Waals surface area contributed by atoms with Crippen LogP contribution in [0.1, 0.15) is 11.1 Å². The van der Waals surface area contributed by atoms with E-state index in [-0.39, 0.29) is 12.8 Å². The third kappa shape index (κ3) is 5.50. The molecule has 0 saturated carbocycles. The van der Waals surface area contributed by atoms with E-state index < -0.39 is 24.1 Å². The maximum Gasteiger partial charge on any atom is 0.345 e. The number of carbonyl (C=O) groups is 2. The fourth-order valence-corrected chi connectivity index (χ4v) is 2.23. The number of ether oxygens (including phenoxy) is 1. The third-order valence-corrected chi connectivity index (χ3v) is 3.62. The topological polar surface area (TPSA) is 136 Å². The van der Waals surface area contributed by atoms with Crippen molar-refractivity contribution in [2.75, 3.05) is 11.5 Å². The highest BCUT2D eigenvalue weighted by molar-refractivity contribution is 5.80. The molecule has 0 bridgehead atoms. The molecule has 25 heavy (non-hydrogen) atoms. The summed E-state index contributed by atoms with van der Waals surface area (Å²) < 4.78 is 4.96. The second kappa shape index (κ2) is 8.16. The maximum atomic E-state index is 12.0. The number of hydrogen-bond acceptors (Lipinski definition) is 6. The molecule has 0 aromatic heterocycles. The first kappa shape index (κ1) is 18.3. The van der Waals surface area contributed by atoms with Crippen molar-refractivity contribution in [2.45, 2.75) is 25.0 Å². The van der Waals surface area contributed by atoms with E-state index in [4.69, 9.17) is 16.2 Å². The number of carboxylic acid groups (broad SMARTS) is 1. The van der Waals surface area contributed by atoms with Crippen molar-refractivity contribution >= 4 is 23.3 Å². The molecule has 7 nitrogen and oxygen atoms in total.